The molecule has 0 unspecified atom stereocenters. The van der Waals surface area contributed by atoms with E-state index in [9.17, 15) is 4.79 Å². The van der Waals surface area contributed by atoms with E-state index in [1.54, 1.807) is 18.4 Å². The van der Waals surface area contributed by atoms with Crippen LogP contribution in [0.1, 0.15) is 34.2 Å². The van der Waals surface area contributed by atoms with Crippen LogP contribution in [0.5, 0.6) is 0 Å². The van der Waals surface area contributed by atoms with E-state index in [1.807, 2.05) is 42.3 Å². The van der Waals surface area contributed by atoms with Crippen molar-refractivity contribution < 1.29 is 9.53 Å². The number of amides is 1. The number of carbonyl (C=O) groups is 1. The van der Waals surface area contributed by atoms with Gasteiger partial charge in [-0.3, -0.25) is 4.79 Å². The average molecular weight is 341 g/mol. The molecule has 2 aromatic heterocycles. The van der Waals surface area contributed by atoms with E-state index >= 15 is 0 Å². The van der Waals surface area contributed by atoms with Crippen molar-refractivity contribution in [3.8, 4) is 0 Å². The second-order valence-corrected chi connectivity index (χ2v) is 7.10. The molecule has 0 radical (unpaired) electrons. The van der Waals surface area contributed by atoms with E-state index in [-0.39, 0.29) is 11.9 Å². The van der Waals surface area contributed by atoms with Crippen molar-refractivity contribution in [2.24, 2.45) is 0 Å². The maximum absolute atomic E-state index is 13.0. The van der Waals surface area contributed by atoms with E-state index in [0.29, 0.717) is 13.2 Å². The van der Waals surface area contributed by atoms with Crippen LogP contribution >= 0.6 is 11.3 Å². The van der Waals surface area contributed by atoms with Crippen LogP contribution in [0.25, 0.3) is 10.1 Å². The molecule has 0 spiro atoms. The fourth-order valence-electron chi connectivity index (χ4n) is 3.33. The number of imidazole rings is 1. The highest BCUT2D eigenvalue weighted by Gasteiger charge is 2.31. The van der Waals surface area contributed by atoms with Gasteiger partial charge in [-0.05, 0) is 24.4 Å². The molecule has 1 amide bonds. The Labute approximate surface area is 144 Å². The van der Waals surface area contributed by atoms with E-state index < -0.39 is 0 Å². The summed E-state index contributed by atoms with van der Waals surface area (Å²) in [6.07, 6.45) is 1.85. The summed E-state index contributed by atoms with van der Waals surface area (Å²) in [4.78, 5) is 20.2. The number of carbonyl (C=O) groups excluding carboxylic acids is 1. The molecule has 4 rings (SSSR count). The van der Waals surface area contributed by atoms with E-state index in [2.05, 4.69) is 15.6 Å². The zero-order chi connectivity index (χ0) is 16.7. The number of nitrogens with zero attached hydrogens (tertiary/aromatic N) is 3. The molecule has 1 aliphatic rings. The molecule has 0 fully saturated rings. The van der Waals surface area contributed by atoms with Crippen LogP contribution in [0, 0.1) is 0 Å². The minimum Gasteiger partial charge on any atom is -0.378 e. The van der Waals surface area contributed by atoms with Gasteiger partial charge in [0.25, 0.3) is 5.91 Å². The summed E-state index contributed by atoms with van der Waals surface area (Å²) in [6.45, 7) is 4.03. The summed E-state index contributed by atoms with van der Waals surface area (Å²) in [5.41, 5.74) is 1.06. The lowest BCUT2D eigenvalue weighted by Gasteiger charge is -2.34. The highest BCUT2D eigenvalue weighted by molar-refractivity contribution is 7.20. The van der Waals surface area contributed by atoms with Gasteiger partial charge in [-0.25, -0.2) is 4.98 Å². The third-order valence-electron chi connectivity index (χ3n) is 4.56. The minimum atomic E-state index is -0.0398. The van der Waals surface area contributed by atoms with Gasteiger partial charge in [0.2, 0.25) is 0 Å². The molecule has 124 valence electrons. The summed E-state index contributed by atoms with van der Waals surface area (Å²) < 4.78 is 8.54. The van der Waals surface area contributed by atoms with Crippen LogP contribution in [0.4, 0.5) is 0 Å². The van der Waals surface area contributed by atoms with Crippen LogP contribution < -0.4 is 0 Å². The molecule has 0 aliphatic carbocycles. The van der Waals surface area contributed by atoms with E-state index in [1.165, 1.54) is 0 Å². The minimum absolute atomic E-state index is 0.0398. The molecule has 1 aliphatic heterocycles. The first-order chi connectivity index (χ1) is 11.7. The summed E-state index contributed by atoms with van der Waals surface area (Å²) in [7, 11) is 1.68. The largest absolute Gasteiger partial charge is 0.378 e. The van der Waals surface area contributed by atoms with Crippen LogP contribution in [-0.2, 0) is 17.9 Å². The van der Waals surface area contributed by atoms with Gasteiger partial charge in [0, 0.05) is 24.9 Å². The maximum Gasteiger partial charge on any atom is 0.264 e. The third-order valence-corrected chi connectivity index (χ3v) is 5.67. The summed E-state index contributed by atoms with van der Waals surface area (Å²) >= 11 is 1.56. The predicted octanol–water partition coefficient (Wildman–Crippen LogP) is 3.46. The number of benzene rings is 1. The summed E-state index contributed by atoms with van der Waals surface area (Å²) in [5.74, 6) is 1.02. The third kappa shape index (κ3) is 2.42. The monoisotopic (exact) mass is 341 g/mol. The molecule has 24 heavy (non-hydrogen) atoms. The Kier molecular flexibility index (Phi) is 3.86. The van der Waals surface area contributed by atoms with Crippen molar-refractivity contribution in [1.29, 1.82) is 0 Å². The zero-order valence-corrected chi connectivity index (χ0v) is 14.5. The van der Waals surface area contributed by atoms with Crippen LogP contribution in [0.3, 0.4) is 0 Å². The zero-order valence-electron chi connectivity index (χ0n) is 13.7. The van der Waals surface area contributed by atoms with Crippen molar-refractivity contribution in [3.05, 3.63) is 52.9 Å². The van der Waals surface area contributed by atoms with Crippen molar-refractivity contribution in [2.45, 2.75) is 26.1 Å². The number of thiophene rings is 1. The summed E-state index contributed by atoms with van der Waals surface area (Å²) in [5, 5.41) is 1.12. The number of fused-ring (bicyclic) bond motifs is 2. The first kappa shape index (κ1) is 15.4. The highest BCUT2D eigenvalue weighted by atomic mass is 32.1. The van der Waals surface area contributed by atoms with Crippen molar-refractivity contribution in [1.82, 2.24) is 14.5 Å². The van der Waals surface area contributed by atoms with Crippen molar-refractivity contribution in [2.75, 3.05) is 13.7 Å². The molecule has 5 nitrogen and oxygen atoms in total. The van der Waals surface area contributed by atoms with Gasteiger partial charge in [-0.15, -0.1) is 11.3 Å². The van der Waals surface area contributed by atoms with Gasteiger partial charge in [0.15, 0.2) is 0 Å². The molecule has 6 heteroatoms. The van der Waals surface area contributed by atoms with Gasteiger partial charge in [-0.1, -0.05) is 18.2 Å². The lowest BCUT2D eigenvalue weighted by atomic mass is 10.2. The Morgan fingerprint density at radius 3 is 3.00 bits per heavy atom. The standard InChI is InChI=1S/C18H19N3O2S/c1-12-17-19-10-14(11-23-2)21(17)8-7-20(12)18(22)16-9-13-5-3-4-6-15(13)24-16/h3-6,9-10,12H,7-8,11H2,1-2H3/t12-/m1/s1. The molecule has 0 bridgehead atoms. The van der Waals surface area contributed by atoms with E-state index in [4.69, 9.17) is 4.74 Å². The molecule has 0 N–H and O–H groups in total. The lowest BCUT2D eigenvalue weighted by Crippen LogP contribution is -2.41. The topological polar surface area (TPSA) is 47.4 Å². The van der Waals surface area contributed by atoms with Gasteiger partial charge in [0.05, 0.1) is 29.4 Å². The second-order valence-electron chi connectivity index (χ2n) is 6.02. The molecular formula is C18H19N3O2S. The maximum atomic E-state index is 13.0. The molecule has 3 heterocycles. The van der Waals surface area contributed by atoms with Gasteiger partial charge in [0.1, 0.15) is 5.82 Å². The summed E-state index contributed by atoms with van der Waals surface area (Å²) in [6, 6.07) is 10.1. The Hall–Kier alpha value is -2.18. The first-order valence-corrected chi connectivity index (χ1v) is 8.83. The second kappa shape index (κ2) is 6.03. The molecule has 1 atom stereocenters. The SMILES string of the molecule is COCc1cnc2n1CCN(C(=O)c1cc3ccccc3s1)[C@@H]2C. The number of hydrogen-bond donors (Lipinski definition) is 0. The first-order valence-electron chi connectivity index (χ1n) is 8.02. The Bertz CT molecular complexity index is 866. The van der Waals surface area contributed by atoms with Crippen LogP contribution in [0.15, 0.2) is 36.5 Å². The van der Waals surface area contributed by atoms with Crippen LogP contribution in [-0.4, -0.2) is 34.0 Å². The number of rotatable bonds is 3. The Morgan fingerprint density at radius 1 is 1.38 bits per heavy atom. The lowest BCUT2D eigenvalue weighted by molar-refractivity contribution is 0.0637. The van der Waals surface area contributed by atoms with Crippen molar-refractivity contribution >= 4 is 27.3 Å². The predicted molar refractivity (Wildman–Crippen MR) is 94.2 cm³/mol. The molecule has 0 saturated heterocycles. The number of methoxy groups -OCH3 is 1. The normalized spacial score (nSPS) is 17.2. The fraction of sp³-hybridized carbons (Fsp3) is 0.333. The Morgan fingerprint density at radius 2 is 2.21 bits per heavy atom. The molecule has 3 aromatic rings. The quantitative estimate of drug-likeness (QED) is 0.733. The van der Waals surface area contributed by atoms with Gasteiger partial charge < -0.3 is 14.2 Å². The van der Waals surface area contributed by atoms with Crippen LogP contribution in [0.2, 0.25) is 0 Å². The van der Waals surface area contributed by atoms with Crippen molar-refractivity contribution in [3.63, 3.8) is 0 Å². The molecule has 1 aromatic carbocycles. The number of ether oxygens (including phenoxy) is 1. The Balaban J connectivity index is 1.63. The van der Waals surface area contributed by atoms with E-state index in [0.717, 1.165) is 33.0 Å². The van der Waals surface area contributed by atoms with Gasteiger partial charge >= 0.3 is 0 Å². The molecular weight excluding hydrogens is 322 g/mol. The highest BCUT2D eigenvalue weighted by Crippen LogP contribution is 2.31. The fourth-order valence-corrected chi connectivity index (χ4v) is 4.35. The van der Waals surface area contributed by atoms with Gasteiger partial charge in [-0.2, -0.15) is 0 Å². The number of hydrogen-bond acceptors (Lipinski definition) is 4. The average Bonchev–Trinajstić information content (AvgIpc) is 3.20. The molecule has 0 saturated carbocycles. The smallest absolute Gasteiger partial charge is 0.264 e. The number of aromatic nitrogens is 2.